The Bertz CT molecular complexity index is 637. The Morgan fingerprint density at radius 1 is 1.33 bits per heavy atom. The molecule has 0 N–H and O–H groups in total. The van der Waals surface area contributed by atoms with Gasteiger partial charge in [-0.25, -0.2) is 0 Å². The maximum absolute atomic E-state index is 8.96. The lowest BCUT2D eigenvalue weighted by atomic mass is 9.96. The standard InChI is InChI=1S/C19H20N2/c1-4-17(15(3)8-6-7-11-20)13-19-10-9-16(14-21)12-18(19)5-2/h4,9-10,12-13H,1,3,5-8H2,2H3/b17-13-. The molecule has 0 saturated carbocycles. The minimum Gasteiger partial charge on any atom is -0.198 e. The minimum atomic E-state index is 0.542. The quantitative estimate of drug-likeness (QED) is 0.523. The second-order valence-corrected chi connectivity index (χ2v) is 4.80. The van der Waals surface area contributed by atoms with Gasteiger partial charge in [-0.1, -0.05) is 32.2 Å². The molecule has 2 heteroatoms. The van der Waals surface area contributed by atoms with Crippen molar-refractivity contribution in [2.75, 3.05) is 0 Å². The lowest BCUT2D eigenvalue weighted by molar-refractivity contribution is 0.851. The van der Waals surface area contributed by atoms with Gasteiger partial charge in [0.2, 0.25) is 0 Å². The molecule has 0 unspecified atom stereocenters. The van der Waals surface area contributed by atoms with E-state index in [1.165, 1.54) is 0 Å². The van der Waals surface area contributed by atoms with Gasteiger partial charge in [0.15, 0.2) is 0 Å². The van der Waals surface area contributed by atoms with E-state index in [4.69, 9.17) is 10.5 Å². The van der Waals surface area contributed by atoms with Gasteiger partial charge in [0.25, 0.3) is 0 Å². The summed E-state index contributed by atoms with van der Waals surface area (Å²) in [7, 11) is 0. The van der Waals surface area contributed by atoms with Crippen LogP contribution in [0.15, 0.2) is 48.6 Å². The van der Waals surface area contributed by atoms with Crippen molar-refractivity contribution < 1.29 is 0 Å². The zero-order valence-corrected chi connectivity index (χ0v) is 12.5. The molecule has 0 bridgehead atoms. The molecule has 0 radical (unpaired) electrons. The number of rotatable bonds is 7. The van der Waals surface area contributed by atoms with Crippen molar-refractivity contribution in [2.24, 2.45) is 0 Å². The van der Waals surface area contributed by atoms with Gasteiger partial charge in [0.05, 0.1) is 17.7 Å². The summed E-state index contributed by atoms with van der Waals surface area (Å²) in [6, 6.07) is 10.0. The average molecular weight is 276 g/mol. The SMILES string of the molecule is C=C/C(=C/c1ccc(C#N)cc1CC)C(=C)CCCC#N. The average Bonchev–Trinajstić information content (AvgIpc) is 2.52. The molecule has 0 aromatic heterocycles. The zero-order chi connectivity index (χ0) is 15.7. The maximum Gasteiger partial charge on any atom is 0.0991 e. The molecular formula is C19H20N2. The normalized spacial score (nSPS) is 10.5. The molecule has 0 atom stereocenters. The van der Waals surface area contributed by atoms with E-state index in [9.17, 15) is 0 Å². The van der Waals surface area contributed by atoms with Crippen LogP contribution in [0.5, 0.6) is 0 Å². The molecule has 0 fully saturated rings. The van der Waals surface area contributed by atoms with Gasteiger partial charge in [-0.3, -0.25) is 0 Å². The number of benzene rings is 1. The largest absolute Gasteiger partial charge is 0.198 e. The fourth-order valence-electron chi connectivity index (χ4n) is 2.12. The first kappa shape index (κ1) is 16.5. The molecular weight excluding hydrogens is 256 g/mol. The molecule has 0 saturated heterocycles. The third kappa shape index (κ3) is 4.79. The van der Waals surface area contributed by atoms with Crippen LogP contribution in [0, 0.1) is 22.7 Å². The second kappa shape index (κ2) is 8.56. The number of allylic oxidation sites excluding steroid dienone is 3. The summed E-state index contributed by atoms with van der Waals surface area (Å²) in [5, 5.41) is 17.6. The summed E-state index contributed by atoms with van der Waals surface area (Å²) in [5.74, 6) is 0. The molecule has 106 valence electrons. The van der Waals surface area contributed by atoms with Crippen molar-refractivity contribution in [3.63, 3.8) is 0 Å². The van der Waals surface area contributed by atoms with Crippen LogP contribution in [0.1, 0.15) is 42.9 Å². The summed E-state index contributed by atoms with van der Waals surface area (Å²) >= 11 is 0. The van der Waals surface area contributed by atoms with Gasteiger partial charge in [0, 0.05) is 6.42 Å². The Hall–Kier alpha value is -2.58. The summed E-state index contributed by atoms with van der Waals surface area (Å²) in [6.07, 6.45) is 6.87. The third-order valence-corrected chi connectivity index (χ3v) is 3.36. The van der Waals surface area contributed by atoms with E-state index >= 15 is 0 Å². The Balaban J connectivity index is 3.03. The predicted octanol–water partition coefficient (Wildman–Crippen LogP) is 4.94. The predicted molar refractivity (Wildman–Crippen MR) is 87.3 cm³/mol. The van der Waals surface area contributed by atoms with Crippen LogP contribution in [0.4, 0.5) is 0 Å². The smallest absolute Gasteiger partial charge is 0.0991 e. The molecule has 0 aliphatic heterocycles. The Kier molecular flexibility index (Phi) is 6.72. The molecule has 0 amide bonds. The number of unbranched alkanes of at least 4 members (excludes halogenated alkanes) is 1. The molecule has 0 heterocycles. The van der Waals surface area contributed by atoms with Gasteiger partial charge in [-0.05, 0) is 59.7 Å². The van der Waals surface area contributed by atoms with Gasteiger partial charge >= 0.3 is 0 Å². The van der Waals surface area contributed by atoms with Crippen LogP contribution in [0.25, 0.3) is 6.08 Å². The molecule has 1 aromatic rings. The summed E-state index contributed by atoms with van der Waals surface area (Å²) in [4.78, 5) is 0. The van der Waals surface area contributed by atoms with Crippen LogP contribution in [-0.2, 0) is 6.42 Å². The van der Waals surface area contributed by atoms with E-state index in [1.807, 2.05) is 18.2 Å². The highest BCUT2D eigenvalue weighted by Crippen LogP contribution is 2.22. The maximum atomic E-state index is 8.96. The number of nitriles is 2. The Morgan fingerprint density at radius 3 is 2.67 bits per heavy atom. The number of nitrogens with zero attached hydrogens (tertiary/aromatic N) is 2. The summed E-state index contributed by atoms with van der Waals surface area (Å²) in [5.41, 5.74) is 4.89. The monoisotopic (exact) mass is 276 g/mol. The fraction of sp³-hybridized carbons (Fsp3) is 0.263. The van der Waals surface area contributed by atoms with Crippen LogP contribution in [-0.4, -0.2) is 0 Å². The topological polar surface area (TPSA) is 47.6 Å². The second-order valence-electron chi connectivity index (χ2n) is 4.80. The van der Waals surface area contributed by atoms with Gasteiger partial charge in [-0.2, -0.15) is 10.5 Å². The summed E-state index contributed by atoms with van der Waals surface area (Å²) < 4.78 is 0. The van der Waals surface area contributed by atoms with Gasteiger partial charge in [-0.15, -0.1) is 0 Å². The van der Waals surface area contributed by atoms with Crippen LogP contribution < -0.4 is 0 Å². The number of hydrogen-bond donors (Lipinski definition) is 0. The van der Waals surface area contributed by atoms with Crippen molar-refractivity contribution in [2.45, 2.75) is 32.6 Å². The van der Waals surface area contributed by atoms with Gasteiger partial charge < -0.3 is 0 Å². The molecule has 21 heavy (non-hydrogen) atoms. The summed E-state index contributed by atoms with van der Waals surface area (Å²) in [6.45, 7) is 10.0. The van der Waals surface area contributed by atoms with E-state index < -0.39 is 0 Å². The third-order valence-electron chi connectivity index (χ3n) is 3.36. The first-order chi connectivity index (χ1) is 10.2. The van der Waals surface area contributed by atoms with Crippen molar-refractivity contribution in [1.82, 2.24) is 0 Å². The fourth-order valence-corrected chi connectivity index (χ4v) is 2.12. The highest BCUT2D eigenvalue weighted by Gasteiger charge is 2.04. The van der Waals surface area contributed by atoms with Crippen LogP contribution in [0.2, 0.25) is 0 Å². The van der Waals surface area contributed by atoms with E-state index in [2.05, 4.69) is 38.3 Å². The Labute approximate surface area is 127 Å². The lowest BCUT2D eigenvalue weighted by Gasteiger charge is -2.09. The zero-order valence-electron chi connectivity index (χ0n) is 12.5. The number of aryl methyl sites for hydroxylation is 1. The molecule has 0 spiro atoms. The van der Waals surface area contributed by atoms with Gasteiger partial charge in [0.1, 0.15) is 0 Å². The van der Waals surface area contributed by atoms with Crippen molar-refractivity contribution in [1.29, 1.82) is 10.5 Å². The highest BCUT2D eigenvalue weighted by molar-refractivity contribution is 5.64. The highest BCUT2D eigenvalue weighted by atomic mass is 14.2. The molecule has 1 rings (SSSR count). The minimum absolute atomic E-state index is 0.542. The Morgan fingerprint density at radius 2 is 2.10 bits per heavy atom. The van der Waals surface area contributed by atoms with Crippen LogP contribution >= 0.6 is 0 Å². The van der Waals surface area contributed by atoms with Crippen LogP contribution in [0.3, 0.4) is 0 Å². The molecule has 0 aliphatic carbocycles. The first-order valence-electron chi connectivity index (χ1n) is 7.08. The molecule has 1 aromatic carbocycles. The molecule has 2 nitrogen and oxygen atoms in total. The molecule has 0 aliphatic rings. The van der Waals surface area contributed by atoms with Crippen molar-refractivity contribution in [3.05, 3.63) is 65.3 Å². The van der Waals surface area contributed by atoms with Crippen molar-refractivity contribution in [3.8, 4) is 12.1 Å². The lowest BCUT2D eigenvalue weighted by Crippen LogP contribution is -1.91. The van der Waals surface area contributed by atoms with E-state index in [0.29, 0.717) is 12.0 Å². The van der Waals surface area contributed by atoms with Crippen molar-refractivity contribution >= 4 is 6.08 Å². The first-order valence-corrected chi connectivity index (χ1v) is 7.08. The van der Waals surface area contributed by atoms with E-state index in [1.54, 1.807) is 6.08 Å². The number of hydrogen-bond acceptors (Lipinski definition) is 2. The van der Waals surface area contributed by atoms with E-state index in [-0.39, 0.29) is 0 Å². The van der Waals surface area contributed by atoms with E-state index in [0.717, 1.165) is 41.5 Å².